The average Bonchev–Trinajstić information content (AvgIpc) is 2.62. The molecule has 1 amide bonds. The number of hydrogen-bond donors (Lipinski definition) is 1. The average molecular weight is 355 g/mol. The molecule has 0 bridgehead atoms. The fourth-order valence-electron chi connectivity index (χ4n) is 2.77. The summed E-state index contributed by atoms with van der Waals surface area (Å²) in [7, 11) is 1.64. The lowest BCUT2D eigenvalue weighted by molar-refractivity contribution is -0.116. The summed E-state index contributed by atoms with van der Waals surface area (Å²) < 4.78 is 10.3. The summed E-state index contributed by atoms with van der Waals surface area (Å²) in [6.07, 6.45) is 0.988. The third-order valence-electron chi connectivity index (χ3n) is 4.20. The molecule has 5 nitrogen and oxygen atoms in total. The topological polar surface area (TPSA) is 64.6 Å². The van der Waals surface area contributed by atoms with Crippen molar-refractivity contribution in [2.45, 2.75) is 33.6 Å². The first-order chi connectivity index (χ1) is 12.5. The highest BCUT2D eigenvalue weighted by Crippen LogP contribution is 2.21. The van der Waals surface area contributed by atoms with Gasteiger partial charge in [-0.15, -0.1) is 0 Å². The van der Waals surface area contributed by atoms with Gasteiger partial charge in [0.25, 0.3) is 0 Å². The minimum Gasteiger partial charge on any atom is -0.496 e. The Morgan fingerprint density at radius 1 is 1.12 bits per heavy atom. The van der Waals surface area contributed by atoms with E-state index < -0.39 is 0 Å². The maximum Gasteiger partial charge on any atom is 0.338 e. The van der Waals surface area contributed by atoms with Crippen molar-refractivity contribution in [2.24, 2.45) is 0 Å². The number of carbonyl (C=O) groups is 2. The van der Waals surface area contributed by atoms with Crippen molar-refractivity contribution in [3.05, 3.63) is 58.7 Å². The number of hydrogen-bond acceptors (Lipinski definition) is 4. The van der Waals surface area contributed by atoms with E-state index in [9.17, 15) is 9.59 Å². The van der Waals surface area contributed by atoms with Crippen LogP contribution in [0, 0.1) is 13.8 Å². The highest BCUT2D eigenvalue weighted by atomic mass is 16.5. The normalized spacial score (nSPS) is 10.3. The lowest BCUT2D eigenvalue weighted by Gasteiger charge is -2.12. The second-order valence-corrected chi connectivity index (χ2v) is 6.05. The fraction of sp³-hybridized carbons (Fsp3) is 0.333. The van der Waals surface area contributed by atoms with Gasteiger partial charge in [0, 0.05) is 12.1 Å². The largest absolute Gasteiger partial charge is 0.496 e. The quantitative estimate of drug-likeness (QED) is 0.761. The molecule has 0 atom stereocenters. The van der Waals surface area contributed by atoms with E-state index in [1.807, 2.05) is 25.1 Å². The Morgan fingerprint density at radius 2 is 1.88 bits per heavy atom. The first kappa shape index (κ1) is 19.5. The summed E-state index contributed by atoms with van der Waals surface area (Å²) in [5.41, 5.74) is 3.93. The van der Waals surface area contributed by atoms with Crippen LogP contribution in [0.1, 0.15) is 40.4 Å². The number of aryl methyl sites for hydroxylation is 2. The van der Waals surface area contributed by atoms with Crippen molar-refractivity contribution >= 4 is 17.6 Å². The lowest BCUT2D eigenvalue weighted by atomic mass is 10.0. The molecule has 0 fully saturated rings. The van der Waals surface area contributed by atoms with E-state index in [1.54, 1.807) is 39.2 Å². The number of benzene rings is 2. The van der Waals surface area contributed by atoms with E-state index in [0.29, 0.717) is 36.3 Å². The molecular formula is C21H25NO4. The van der Waals surface area contributed by atoms with Crippen molar-refractivity contribution in [3.8, 4) is 5.75 Å². The summed E-state index contributed by atoms with van der Waals surface area (Å²) in [6, 6.07) is 11.1. The van der Waals surface area contributed by atoms with Gasteiger partial charge in [0.05, 0.1) is 19.3 Å². The van der Waals surface area contributed by atoms with Gasteiger partial charge in [-0.2, -0.15) is 0 Å². The van der Waals surface area contributed by atoms with Gasteiger partial charge in [-0.1, -0.05) is 18.2 Å². The Morgan fingerprint density at radius 3 is 2.54 bits per heavy atom. The molecule has 2 aromatic carbocycles. The van der Waals surface area contributed by atoms with Gasteiger partial charge in [0.15, 0.2) is 0 Å². The van der Waals surface area contributed by atoms with E-state index in [4.69, 9.17) is 9.47 Å². The van der Waals surface area contributed by atoms with E-state index in [-0.39, 0.29) is 11.9 Å². The predicted octanol–water partition coefficient (Wildman–Crippen LogP) is 4.06. The van der Waals surface area contributed by atoms with E-state index in [0.717, 1.165) is 16.9 Å². The molecule has 2 rings (SSSR count). The van der Waals surface area contributed by atoms with Crippen LogP contribution in [0.5, 0.6) is 5.75 Å². The molecule has 0 spiro atoms. The molecule has 0 saturated heterocycles. The van der Waals surface area contributed by atoms with Crippen molar-refractivity contribution in [3.63, 3.8) is 0 Å². The number of carbonyl (C=O) groups excluding carboxylic acids is 2. The summed E-state index contributed by atoms with van der Waals surface area (Å²) >= 11 is 0. The minimum atomic E-state index is -0.380. The van der Waals surface area contributed by atoms with Crippen LogP contribution in [0.2, 0.25) is 0 Å². The minimum absolute atomic E-state index is 0.0948. The number of ether oxygens (including phenoxy) is 2. The molecular weight excluding hydrogens is 330 g/mol. The molecule has 26 heavy (non-hydrogen) atoms. The number of anilines is 1. The zero-order chi connectivity index (χ0) is 19.1. The van der Waals surface area contributed by atoms with Gasteiger partial charge in [0.1, 0.15) is 5.75 Å². The molecule has 0 aliphatic rings. The van der Waals surface area contributed by atoms with Gasteiger partial charge in [-0.3, -0.25) is 4.79 Å². The molecule has 2 aromatic rings. The van der Waals surface area contributed by atoms with Gasteiger partial charge in [-0.05, 0) is 62.1 Å². The fourth-order valence-corrected chi connectivity index (χ4v) is 2.77. The maximum absolute atomic E-state index is 12.3. The number of rotatable bonds is 7. The van der Waals surface area contributed by atoms with Crippen molar-refractivity contribution in [1.82, 2.24) is 0 Å². The second kappa shape index (κ2) is 9.04. The summed E-state index contributed by atoms with van der Waals surface area (Å²) in [5, 5.41) is 2.88. The summed E-state index contributed by atoms with van der Waals surface area (Å²) in [4.78, 5) is 24.3. The van der Waals surface area contributed by atoms with Crippen LogP contribution in [0.4, 0.5) is 5.69 Å². The molecule has 1 N–H and O–H groups in total. The Labute approximate surface area is 154 Å². The number of esters is 1. The molecule has 0 saturated carbocycles. The highest BCUT2D eigenvalue weighted by molar-refractivity contribution is 5.96. The molecule has 0 aliphatic heterocycles. The Hall–Kier alpha value is -2.82. The van der Waals surface area contributed by atoms with Crippen LogP contribution in [-0.2, 0) is 16.0 Å². The van der Waals surface area contributed by atoms with Crippen LogP contribution in [0.3, 0.4) is 0 Å². The van der Waals surface area contributed by atoms with E-state index in [1.165, 1.54) is 0 Å². The first-order valence-electron chi connectivity index (χ1n) is 8.66. The monoisotopic (exact) mass is 355 g/mol. The Bertz CT molecular complexity index is 799. The maximum atomic E-state index is 12.3. The Balaban J connectivity index is 2.01. The molecule has 0 radical (unpaired) electrons. The third-order valence-corrected chi connectivity index (χ3v) is 4.20. The van der Waals surface area contributed by atoms with Gasteiger partial charge >= 0.3 is 5.97 Å². The molecule has 0 aromatic heterocycles. The summed E-state index contributed by atoms with van der Waals surface area (Å²) in [6.45, 7) is 5.86. The van der Waals surface area contributed by atoms with Crippen LogP contribution in [0.25, 0.3) is 0 Å². The van der Waals surface area contributed by atoms with Crippen LogP contribution < -0.4 is 10.1 Å². The van der Waals surface area contributed by atoms with E-state index in [2.05, 4.69) is 5.32 Å². The second-order valence-electron chi connectivity index (χ2n) is 6.05. The van der Waals surface area contributed by atoms with Crippen molar-refractivity contribution in [2.75, 3.05) is 19.0 Å². The SMILES string of the molecule is CCOC(=O)c1cccc(NC(=O)CCc2ccc(OC)c(C)c2)c1C. The molecule has 0 aliphatic carbocycles. The lowest BCUT2D eigenvalue weighted by Crippen LogP contribution is -2.15. The zero-order valence-electron chi connectivity index (χ0n) is 15.7. The van der Waals surface area contributed by atoms with Gasteiger partial charge in [-0.25, -0.2) is 4.79 Å². The van der Waals surface area contributed by atoms with Crippen molar-refractivity contribution in [1.29, 1.82) is 0 Å². The van der Waals surface area contributed by atoms with Crippen LogP contribution >= 0.6 is 0 Å². The smallest absolute Gasteiger partial charge is 0.338 e. The van der Waals surface area contributed by atoms with Crippen molar-refractivity contribution < 1.29 is 19.1 Å². The first-order valence-corrected chi connectivity index (χ1v) is 8.66. The summed E-state index contributed by atoms with van der Waals surface area (Å²) in [5.74, 6) is 0.363. The van der Waals surface area contributed by atoms with E-state index >= 15 is 0 Å². The molecule has 0 unspecified atom stereocenters. The number of amides is 1. The standard InChI is InChI=1S/C21H25NO4/c1-5-26-21(24)17-7-6-8-18(15(17)3)22-20(23)12-10-16-9-11-19(25-4)14(2)13-16/h6-9,11,13H,5,10,12H2,1-4H3,(H,22,23). The van der Waals surface area contributed by atoms with Gasteiger partial charge in [0.2, 0.25) is 5.91 Å². The Kier molecular flexibility index (Phi) is 6.78. The van der Waals surface area contributed by atoms with Gasteiger partial charge < -0.3 is 14.8 Å². The molecule has 0 heterocycles. The molecule has 138 valence electrons. The predicted molar refractivity (Wildman–Crippen MR) is 102 cm³/mol. The number of methoxy groups -OCH3 is 1. The highest BCUT2D eigenvalue weighted by Gasteiger charge is 2.14. The molecule has 5 heteroatoms. The number of nitrogens with one attached hydrogen (secondary N) is 1. The zero-order valence-corrected chi connectivity index (χ0v) is 15.7. The third kappa shape index (κ3) is 4.85. The van der Waals surface area contributed by atoms with Crippen LogP contribution in [-0.4, -0.2) is 25.6 Å². The van der Waals surface area contributed by atoms with Crippen LogP contribution in [0.15, 0.2) is 36.4 Å².